The number of hydrogen-bond acceptors (Lipinski definition) is 4. The first-order chi connectivity index (χ1) is 7.58. The summed E-state index contributed by atoms with van der Waals surface area (Å²) in [6.07, 6.45) is 1.69. The Balaban J connectivity index is 1.86. The summed E-state index contributed by atoms with van der Waals surface area (Å²) in [7, 11) is 5.73. The number of rotatable bonds is 3. The molecule has 1 aliphatic rings. The van der Waals surface area contributed by atoms with Gasteiger partial charge in [-0.05, 0) is 14.1 Å². The summed E-state index contributed by atoms with van der Waals surface area (Å²) >= 11 is 0. The summed E-state index contributed by atoms with van der Waals surface area (Å²) in [4.78, 5) is 15.4. The number of nitrogens with zero attached hydrogens (tertiary/aromatic N) is 5. The van der Waals surface area contributed by atoms with Gasteiger partial charge in [-0.3, -0.25) is 4.79 Å². The maximum absolute atomic E-state index is 11.7. The summed E-state index contributed by atoms with van der Waals surface area (Å²) in [5.74, 6) is 1.50. The molecule has 0 radical (unpaired) electrons. The maximum Gasteiger partial charge on any atom is 0.236 e. The molecule has 0 aliphatic carbocycles. The van der Waals surface area contributed by atoms with Crippen molar-refractivity contribution in [1.82, 2.24) is 24.6 Å². The van der Waals surface area contributed by atoms with E-state index in [9.17, 15) is 4.79 Å². The van der Waals surface area contributed by atoms with E-state index in [0.717, 1.165) is 18.9 Å². The number of aromatic nitrogens is 3. The standard InChI is InChI=1S/C10H17N5O/c1-13(2)6-9(16)15-4-8(5-15)10-12-11-7-14(10)3/h7-8H,4-6H2,1-3H3. The van der Waals surface area contributed by atoms with Crippen LogP contribution in [0.4, 0.5) is 0 Å². The molecule has 2 heterocycles. The number of hydrogen-bond donors (Lipinski definition) is 0. The molecule has 88 valence electrons. The molecular formula is C10H17N5O. The van der Waals surface area contributed by atoms with Crippen LogP contribution in [-0.4, -0.2) is 64.2 Å². The first-order valence-corrected chi connectivity index (χ1v) is 5.34. The van der Waals surface area contributed by atoms with Gasteiger partial charge in [0.2, 0.25) is 5.91 Å². The van der Waals surface area contributed by atoms with Gasteiger partial charge in [-0.15, -0.1) is 10.2 Å². The van der Waals surface area contributed by atoms with Gasteiger partial charge >= 0.3 is 0 Å². The van der Waals surface area contributed by atoms with Crippen LogP contribution in [0.1, 0.15) is 11.7 Å². The van der Waals surface area contributed by atoms with Crippen molar-refractivity contribution in [2.45, 2.75) is 5.92 Å². The van der Waals surface area contributed by atoms with Gasteiger partial charge in [0.1, 0.15) is 12.2 Å². The molecule has 6 heteroatoms. The molecule has 2 rings (SSSR count). The molecule has 1 saturated heterocycles. The number of carbonyl (C=O) groups excluding carboxylic acids is 1. The Morgan fingerprint density at radius 2 is 2.25 bits per heavy atom. The van der Waals surface area contributed by atoms with E-state index < -0.39 is 0 Å². The van der Waals surface area contributed by atoms with Crippen LogP contribution in [0.15, 0.2) is 6.33 Å². The van der Waals surface area contributed by atoms with Crippen LogP contribution in [0.25, 0.3) is 0 Å². The molecule has 1 aromatic heterocycles. The Morgan fingerprint density at radius 3 is 2.75 bits per heavy atom. The second-order valence-corrected chi connectivity index (χ2v) is 4.53. The third-order valence-corrected chi connectivity index (χ3v) is 2.80. The Labute approximate surface area is 94.9 Å². The Morgan fingerprint density at radius 1 is 1.56 bits per heavy atom. The van der Waals surface area contributed by atoms with Crippen molar-refractivity contribution in [1.29, 1.82) is 0 Å². The second kappa shape index (κ2) is 4.21. The van der Waals surface area contributed by atoms with Crippen molar-refractivity contribution in [3.05, 3.63) is 12.2 Å². The van der Waals surface area contributed by atoms with E-state index in [1.807, 2.05) is 35.5 Å². The number of likely N-dealkylation sites (tertiary alicyclic amines) is 1. The number of likely N-dealkylation sites (N-methyl/N-ethyl adjacent to an activating group) is 1. The molecule has 0 saturated carbocycles. The van der Waals surface area contributed by atoms with Gasteiger partial charge in [-0.2, -0.15) is 0 Å². The number of carbonyl (C=O) groups is 1. The minimum Gasteiger partial charge on any atom is -0.340 e. The van der Waals surface area contributed by atoms with Crippen LogP contribution >= 0.6 is 0 Å². The zero-order valence-electron chi connectivity index (χ0n) is 9.92. The lowest BCUT2D eigenvalue weighted by Crippen LogP contribution is -2.51. The SMILES string of the molecule is CN(C)CC(=O)N1CC(c2nncn2C)C1. The lowest BCUT2D eigenvalue weighted by Gasteiger charge is -2.39. The summed E-state index contributed by atoms with van der Waals surface area (Å²) in [5.41, 5.74) is 0. The molecule has 0 unspecified atom stereocenters. The van der Waals surface area contributed by atoms with Crippen LogP contribution in [0, 0.1) is 0 Å². The molecule has 1 aliphatic heterocycles. The van der Waals surface area contributed by atoms with E-state index in [-0.39, 0.29) is 5.91 Å². The second-order valence-electron chi connectivity index (χ2n) is 4.53. The highest BCUT2D eigenvalue weighted by Gasteiger charge is 2.34. The van der Waals surface area contributed by atoms with Gasteiger partial charge in [-0.25, -0.2) is 0 Å². The molecule has 0 N–H and O–H groups in total. The summed E-state index contributed by atoms with van der Waals surface area (Å²) in [5, 5.41) is 7.90. The third kappa shape index (κ3) is 2.06. The van der Waals surface area contributed by atoms with Gasteiger partial charge in [0.05, 0.1) is 12.5 Å². The fraction of sp³-hybridized carbons (Fsp3) is 0.700. The van der Waals surface area contributed by atoms with E-state index in [1.165, 1.54) is 0 Å². The molecule has 0 aromatic carbocycles. The minimum atomic E-state index is 0.184. The first kappa shape index (κ1) is 11.1. The fourth-order valence-electron chi connectivity index (χ4n) is 1.88. The predicted octanol–water partition coefficient (Wildman–Crippen LogP) is -0.697. The highest BCUT2D eigenvalue weighted by atomic mass is 16.2. The Kier molecular flexibility index (Phi) is 2.91. The molecule has 1 aromatic rings. The van der Waals surface area contributed by atoms with Gasteiger partial charge in [-0.1, -0.05) is 0 Å². The lowest BCUT2D eigenvalue weighted by molar-refractivity contribution is -0.136. The van der Waals surface area contributed by atoms with Gasteiger partial charge in [0.15, 0.2) is 0 Å². The Bertz CT molecular complexity index is 380. The zero-order chi connectivity index (χ0) is 11.7. The van der Waals surface area contributed by atoms with Crippen LogP contribution in [-0.2, 0) is 11.8 Å². The van der Waals surface area contributed by atoms with Crippen molar-refractivity contribution in [2.24, 2.45) is 7.05 Å². The van der Waals surface area contributed by atoms with Crippen LogP contribution in [0.2, 0.25) is 0 Å². The molecule has 1 amide bonds. The largest absolute Gasteiger partial charge is 0.340 e. The van der Waals surface area contributed by atoms with Crippen molar-refractivity contribution in [3.63, 3.8) is 0 Å². The van der Waals surface area contributed by atoms with E-state index in [4.69, 9.17) is 0 Å². The normalized spacial score (nSPS) is 16.6. The molecule has 16 heavy (non-hydrogen) atoms. The van der Waals surface area contributed by atoms with Crippen molar-refractivity contribution in [3.8, 4) is 0 Å². The molecule has 6 nitrogen and oxygen atoms in total. The van der Waals surface area contributed by atoms with Crippen LogP contribution < -0.4 is 0 Å². The van der Waals surface area contributed by atoms with E-state index in [1.54, 1.807) is 6.33 Å². The fourth-order valence-corrected chi connectivity index (χ4v) is 1.88. The molecule has 1 fully saturated rings. The third-order valence-electron chi connectivity index (χ3n) is 2.80. The van der Waals surface area contributed by atoms with Crippen LogP contribution in [0.3, 0.4) is 0 Å². The maximum atomic E-state index is 11.7. The van der Waals surface area contributed by atoms with Gasteiger partial charge in [0, 0.05) is 20.1 Å². The monoisotopic (exact) mass is 223 g/mol. The van der Waals surface area contributed by atoms with E-state index >= 15 is 0 Å². The number of amides is 1. The van der Waals surface area contributed by atoms with Crippen molar-refractivity contribution in [2.75, 3.05) is 33.7 Å². The quantitative estimate of drug-likeness (QED) is 0.680. The average Bonchev–Trinajstić information content (AvgIpc) is 2.48. The van der Waals surface area contributed by atoms with Gasteiger partial charge in [0.25, 0.3) is 0 Å². The van der Waals surface area contributed by atoms with Gasteiger partial charge < -0.3 is 14.4 Å². The van der Waals surface area contributed by atoms with Crippen molar-refractivity contribution < 1.29 is 4.79 Å². The molecular weight excluding hydrogens is 206 g/mol. The first-order valence-electron chi connectivity index (χ1n) is 5.34. The summed E-state index contributed by atoms with van der Waals surface area (Å²) < 4.78 is 1.92. The lowest BCUT2D eigenvalue weighted by atomic mass is 9.99. The van der Waals surface area contributed by atoms with E-state index in [0.29, 0.717) is 12.5 Å². The zero-order valence-corrected chi connectivity index (χ0v) is 9.92. The molecule has 0 spiro atoms. The average molecular weight is 223 g/mol. The predicted molar refractivity (Wildman–Crippen MR) is 58.9 cm³/mol. The smallest absolute Gasteiger partial charge is 0.236 e. The number of aryl methyl sites for hydroxylation is 1. The Hall–Kier alpha value is -1.43. The highest BCUT2D eigenvalue weighted by molar-refractivity contribution is 5.79. The minimum absolute atomic E-state index is 0.184. The molecule has 0 bridgehead atoms. The summed E-state index contributed by atoms with van der Waals surface area (Å²) in [6.45, 7) is 2.00. The van der Waals surface area contributed by atoms with Crippen molar-refractivity contribution >= 4 is 5.91 Å². The van der Waals surface area contributed by atoms with Crippen LogP contribution in [0.5, 0.6) is 0 Å². The highest BCUT2D eigenvalue weighted by Crippen LogP contribution is 2.24. The summed E-state index contributed by atoms with van der Waals surface area (Å²) in [6, 6.07) is 0. The molecule has 0 atom stereocenters. The topological polar surface area (TPSA) is 54.3 Å². The van der Waals surface area contributed by atoms with E-state index in [2.05, 4.69) is 10.2 Å².